The number of ether oxygens (including phenoxy) is 1. The Morgan fingerprint density at radius 3 is 2.82 bits per heavy atom. The maximum atomic E-state index is 12.3. The quantitative estimate of drug-likeness (QED) is 0.674. The average Bonchev–Trinajstić information content (AvgIpc) is 2.75. The van der Waals surface area contributed by atoms with Crippen molar-refractivity contribution in [3.63, 3.8) is 0 Å². The van der Waals surface area contributed by atoms with Crippen molar-refractivity contribution in [3.8, 4) is 0 Å². The lowest BCUT2D eigenvalue weighted by Crippen LogP contribution is -2.47. The van der Waals surface area contributed by atoms with E-state index >= 15 is 0 Å². The lowest BCUT2D eigenvalue weighted by Gasteiger charge is -2.28. The van der Waals surface area contributed by atoms with E-state index in [1.165, 1.54) is 4.31 Å². The number of nitrogens with one attached hydrogen (secondary N) is 1. The van der Waals surface area contributed by atoms with Gasteiger partial charge in [-0.05, 0) is 19.9 Å². The number of hydrogen-bond acceptors (Lipinski definition) is 4. The molecule has 1 saturated heterocycles. The minimum Gasteiger partial charge on any atom is -0.383 e. The van der Waals surface area contributed by atoms with Crippen molar-refractivity contribution < 1.29 is 13.2 Å². The monoisotopic (exact) mass is 265 g/mol. The third-order valence-electron chi connectivity index (χ3n) is 3.06. The van der Waals surface area contributed by atoms with Gasteiger partial charge in [-0.3, -0.25) is 0 Å². The smallest absolute Gasteiger partial charge is 0.282 e. The minimum absolute atomic E-state index is 0.0787. The molecule has 102 valence electrons. The van der Waals surface area contributed by atoms with Crippen LogP contribution in [0.3, 0.4) is 0 Å². The van der Waals surface area contributed by atoms with Crippen LogP contribution in [0.15, 0.2) is 0 Å². The third-order valence-corrected chi connectivity index (χ3v) is 5.11. The van der Waals surface area contributed by atoms with Crippen LogP contribution in [0.2, 0.25) is 0 Å². The molecular weight excluding hydrogens is 242 g/mol. The van der Waals surface area contributed by atoms with E-state index in [9.17, 15) is 8.42 Å². The minimum atomic E-state index is -3.34. The van der Waals surface area contributed by atoms with Crippen LogP contribution < -0.4 is 5.32 Å². The van der Waals surface area contributed by atoms with Gasteiger partial charge < -0.3 is 10.1 Å². The van der Waals surface area contributed by atoms with Crippen molar-refractivity contribution in [2.45, 2.75) is 18.9 Å². The van der Waals surface area contributed by atoms with Crippen LogP contribution >= 0.6 is 0 Å². The Hall–Kier alpha value is -0.210. The molecule has 0 saturated carbocycles. The molecule has 1 heterocycles. The lowest BCUT2D eigenvalue weighted by atomic mass is 10.2. The maximum Gasteiger partial charge on any atom is 0.282 e. The molecule has 1 fully saturated rings. The van der Waals surface area contributed by atoms with Crippen molar-refractivity contribution in [2.24, 2.45) is 0 Å². The van der Waals surface area contributed by atoms with Crippen LogP contribution in [0, 0.1) is 0 Å². The zero-order chi connectivity index (χ0) is 12.9. The van der Waals surface area contributed by atoms with Gasteiger partial charge in [0.25, 0.3) is 10.2 Å². The first kappa shape index (κ1) is 14.8. The molecule has 1 aliphatic heterocycles. The van der Waals surface area contributed by atoms with Gasteiger partial charge in [0.05, 0.1) is 6.61 Å². The molecular formula is C10H23N3O3S. The van der Waals surface area contributed by atoms with Gasteiger partial charge in [-0.2, -0.15) is 17.0 Å². The van der Waals surface area contributed by atoms with E-state index in [0.29, 0.717) is 26.2 Å². The second-order valence-electron chi connectivity index (χ2n) is 4.29. The maximum absolute atomic E-state index is 12.3. The van der Waals surface area contributed by atoms with Gasteiger partial charge in [-0.15, -0.1) is 0 Å². The van der Waals surface area contributed by atoms with E-state index in [1.807, 2.05) is 7.05 Å². The van der Waals surface area contributed by atoms with Crippen molar-refractivity contribution in [3.05, 3.63) is 0 Å². The highest BCUT2D eigenvalue weighted by atomic mass is 32.2. The molecule has 0 bridgehead atoms. The van der Waals surface area contributed by atoms with E-state index in [1.54, 1.807) is 18.5 Å². The van der Waals surface area contributed by atoms with Crippen molar-refractivity contribution in [1.29, 1.82) is 0 Å². The summed E-state index contributed by atoms with van der Waals surface area (Å²) in [4.78, 5) is 0. The fourth-order valence-electron chi connectivity index (χ4n) is 2.07. The molecule has 1 aliphatic rings. The molecule has 0 aromatic carbocycles. The van der Waals surface area contributed by atoms with Gasteiger partial charge in [0, 0.05) is 39.8 Å². The van der Waals surface area contributed by atoms with Crippen LogP contribution in [0.4, 0.5) is 0 Å². The first-order valence-corrected chi connectivity index (χ1v) is 7.30. The topological polar surface area (TPSA) is 61.9 Å². The number of likely N-dealkylation sites (N-methyl/N-ethyl adjacent to an activating group) is 2. The SMILES string of the molecule is CNCC1CCCN1S(=O)(=O)N(C)CCOC. The van der Waals surface area contributed by atoms with E-state index in [-0.39, 0.29) is 6.04 Å². The molecule has 0 spiro atoms. The summed E-state index contributed by atoms with van der Waals surface area (Å²) < 4.78 is 32.5. The first-order valence-electron chi connectivity index (χ1n) is 5.90. The molecule has 1 atom stereocenters. The Morgan fingerprint density at radius 1 is 1.53 bits per heavy atom. The molecule has 0 aromatic rings. The molecule has 0 aliphatic carbocycles. The summed E-state index contributed by atoms with van der Waals surface area (Å²) in [6, 6.07) is 0.0787. The van der Waals surface area contributed by atoms with E-state index < -0.39 is 10.2 Å². The predicted molar refractivity (Wildman–Crippen MR) is 67.1 cm³/mol. The molecule has 1 unspecified atom stereocenters. The van der Waals surface area contributed by atoms with Crippen LogP contribution in [-0.2, 0) is 14.9 Å². The van der Waals surface area contributed by atoms with Crippen molar-refractivity contribution >= 4 is 10.2 Å². The van der Waals surface area contributed by atoms with Gasteiger partial charge in [0.15, 0.2) is 0 Å². The first-order chi connectivity index (χ1) is 8.04. The molecule has 0 amide bonds. The van der Waals surface area contributed by atoms with Crippen LogP contribution in [0.1, 0.15) is 12.8 Å². The van der Waals surface area contributed by atoms with E-state index in [0.717, 1.165) is 12.8 Å². The van der Waals surface area contributed by atoms with E-state index in [4.69, 9.17) is 4.74 Å². The fraction of sp³-hybridized carbons (Fsp3) is 1.00. The van der Waals surface area contributed by atoms with Gasteiger partial charge in [0.2, 0.25) is 0 Å². The molecule has 17 heavy (non-hydrogen) atoms. The highest BCUT2D eigenvalue weighted by molar-refractivity contribution is 7.86. The van der Waals surface area contributed by atoms with Crippen molar-refractivity contribution in [1.82, 2.24) is 13.9 Å². The molecule has 0 radical (unpaired) electrons. The second kappa shape index (κ2) is 6.65. The van der Waals surface area contributed by atoms with Gasteiger partial charge in [-0.1, -0.05) is 0 Å². The summed E-state index contributed by atoms with van der Waals surface area (Å²) in [5.41, 5.74) is 0. The normalized spacial score (nSPS) is 22.5. The highest BCUT2D eigenvalue weighted by Crippen LogP contribution is 2.22. The number of hydrogen-bond donors (Lipinski definition) is 1. The Morgan fingerprint density at radius 2 is 2.24 bits per heavy atom. The standard InChI is InChI=1S/C10H23N3O3S/c1-11-9-10-5-4-6-13(10)17(14,15)12(2)7-8-16-3/h10-11H,4-9H2,1-3H3. The van der Waals surface area contributed by atoms with E-state index in [2.05, 4.69) is 5.32 Å². The molecule has 1 N–H and O–H groups in total. The van der Waals surface area contributed by atoms with Gasteiger partial charge >= 0.3 is 0 Å². The molecule has 1 rings (SSSR count). The lowest BCUT2D eigenvalue weighted by molar-refractivity contribution is 0.182. The summed E-state index contributed by atoms with van der Waals surface area (Å²) >= 11 is 0. The Balaban J connectivity index is 2.68. The number of methoxy groups -OCH3 is 1. The van der Waals surface area contributed by atoms with Crippen LogP contribution in [0.25, 0.3) is 0 Å². The Labute approximate surface area is 104 Å². The zero-order valence-corrected chi connectivity index (χ0v) is 11.7. The molecule has 0 aromatic heterocycles. The molecule has 6 nitrogen and oxygen atoms in total. The van der Waals surface area contributed by atoms with Gasteiger partial charge in [0.1, 0.15) is 0 Å². The number of rotatable bonds is 7. The highest BCUT2D eigenvalue weighted by Gasteiger charge is 2.35. The Bertz CT molecular complexity index is 321. The van der Waals surface area contributed by atoms with Gasteiger partial charge in [-0.25, -0.2) is 0 Å². The summed E-state index contributed by atoms with van der Waals surface area (Å²) in [5.74, 6) is 0. The Kier molecular flexibility index (Phi) is 5.81. The predicted octanol–water partition coefficient (Wildman–Crippen LogP) is -0.507. The summed E-state index contributed by atoms with van der Waals surface area (Å²) in [6.45, 7) is 2.13. The second-order valence-corrected chi connectivity index (χ2v) is 6.27. The average molecular weight is 265 g/mol. The van der Waals surface area contributed by atoms with Crippen LogP contribution in [-0.4, -0.2) is 70.5 Å². The third kappa shape index (κ3) is 3.62. The number of nitrogens with zero attached hydrogens (tertiary/aromatic N) is 2. The van der Waals surface area contributed by atoms with Crippen molar-refractivity contribution in [2.75, 3.05) is 47.4 Å². The summed E-state index contributed by atoms with van der Waals surface area (Å²) in [5, 5.41) is 3.04. The summed E-state index contributed by atoms with van der Waals surface area (Å²) in [6.07, 6.45) is 1.86. The largest absolute Gasteiger partial charge is 0.383 e. The fourth-order valence-corrected chi connectivity index (χ4v) is 3.65. The summed E-state index contributed by atoms with van der Waals surface area (Å²) in [7, 11) is 1.68. The zero-order valence-electron chi connectivity index (χ0n) is 10.8. The molecule has 7 heteroatoms. The van der Waals surface area contributed by atoms with Crippen LogP contribution in [0.5, 0.6) is 0 Å².